The van der Waals surface area contributed by atoms with Gasteiger partial charge in [0.25, 0.3) is 0 Å². The lowest BCUT2D eigenvalue weighted by molar-refractivity contribution is 0.671. The fourth-order valence-electron chi connectivity index (χ4n) is 9.85. The number of nitrogens with zero attached hydrogens (tertiary/aromatic N) is 4. The number of hydrogen-bond donors (Lipinski definition) is 0. The van der Waals surface area contributed by atoms with Gasteiger partial charge in [-0.05, 0) is 89.2 Å². The van der Waals surface area contributed by atoms with Gasteiger partial charge < -0.3 is 8.98 Å². The Morgan fingerprint density at radius 1 is 0.492 bits per heavy atom. The molecular formula is C56H36N4O. The van der Waals surface area contributed by atoms with Crippen molar-refractivity contribution in [3.8, 4) is 45.1 Å². The molecule has 0 atom stereocenters. The van der Waals surface area contributed by atoms with Gasteiger partial charge in [0.15, 0.2) is 5.58 Å². The topological polar surface area (TPSA) is 48.8 Å². The number of furan rings is 1. The first-order valence-corrected chi connectivity index (χ1v) is 21.0. The molecule has 0 saturated heterocycles. The third-order valence-corrected chi connectivity index (χ3v) is 12.6. The third-order valence-electron chi connectivity index (χ3n) is 12.6. The molecular weight excluding hydrogens is 745 g/mol. The summed E-state index contributed by atoms with van der Waals surface area (Å²) >= 11 is 0. The quantitative estimate of drug-likeness (QED) is 0.175. The van der Waals surface area contributed by atoms with Crippen molar-refractivity contribution in [2.75, 3.05) is 0 Å². The molecule has 0 amide bonds. The molecule has 13 rings (SSSR count). The zero-order valence-corrected chi connectivity index (χ0v) is 33.1. The summed E-state index contributed by atoms with van der Waals surface area (Å²) in [7, 11) is 0. The number of hydrogen-bond acceptors (Lipinski definition) is 3. The molecule has 0 aliphatic heterocycles. The summed E-state index contributed by atoms with van der Waals surface area (Å²) in [5.74, 6) is 0.596. The van der Waals surface area contributed by atoms with Gasteiger partial charge in [0, 0.05) is 49.3 Å². The van der Waals surface area contributed by atoms with Crippen LogP contribution in [0.2, 0.25) is 0 Å². The molecule has 12 aromatic rings. The minimum Gasteiger partial charge on any atom is -0.454 e. The Kier molecular flexibility index (Phi) is 7.36. The van der Waals surface area contributed by atoms with Crippen LogP contribution in [0.15, 0.2) is 192 Å². The number of aromatic nitrogens is 4. The first kappa shape index (κ1) is 33.9. The van der Waals surface area contributed by atoms with E-state index in [0.29, 0.717) is 5.95 Å². The largest absolute Gasteiger partial charge is 0.454 e. The van der Waals surface area contributed by atoms with Gasteiger partial charge in [0.2, 0.25) is 5.95 Å². The van der Waals surface area contributed by atoms with Crippen molar-refractivity contribution in [3.05, 3.63) is 199 Å². The standard InChI is InChI=1S/C56H36N4O/c1-2-14-35(15-3-1)36-26-28-38(29-27-36)53-43-19-4-9-21-47(43)57-56(58-53)60-50-24-12-7-20-44(50)52-45(34-46-42-18-8-13-25-51(42)61-55(46)54(52)60)37-30-32-39(33-31-37)59-48-22-10-5-16-40(48)41-17-6-11-23-49(41)59/h1-5,7-16,18-34H,6,17H2. The van der Waals surface area contributed by atoms with Gasteiger partial charge in [-0.3, -0.25) is 4.57 Å². The maximum Gasteiger partial charge on any atom is 0.235 e. The van der Waals surface area contributed by atoms with Crippen LogP contribution in [0.4, 0.5) is 0 Å². The first-order chi connectivity index (χ1) is 30.3. The second kappa shape index (κ2) is 13.2. The predicted molar refractivity (Wildman–Crippen MR) is 252 cm³/mol. The molecule has 1 aliphatic rings. The van der Waals surface area contributed by atoms with E-state index in [9.17, 15) is 0 Å². The SMILES string of the molecule is C1=Cc2c(c3ccccc3n2-c2ccc(-c3cc4c5ccccc5oc4c4c3c3ccccc3n4-c3nc(-c4ccc(-c5ccccc5)cc4)c4ccccc4n3)cc2)CC1. The van der Waals surface area contributed by atoms with E-state index in [1.807, 2.05) is 6.07 Å². The van der Waals surface area contributed by atoms with Crippen LogP contribution in [-0.2, 0) is 6.42 Å². The fraction of sp³-hybridized carbons (Fsp3) is 0.0357. The summed E-state index contributed by atoms with van der Waals surface area (Å²) in [6.45, 7) is 0. The molecule has 1 aliphatic carbocycles. The minimum absolute atomic E-state index is 0.596. The van der Waals surface area contributed by atoms with Crippen molar-refractivity contribution >= 4 is 71.6 Å². The van der Waals surface area contributed by atoms with Gasteiger partial charge in [-0.2, -0.15) is 0 Å². The third kappa shape index (κ3) is 5.14. The van der Waals surface area contributed by atoms with Crippen molar-refractivity contribution in [1.29, 1.82) is 0 Å². The van der Waals surface area contributed by atoms with Crippen LogP contribution in [-0.4, -0.2) is 19.1 Å². The molecule has 0 fully saturated rings. The number of para-hydroxylation sites is 4. The van der Waals surface area contributed by atoms with Gasteiger partial charge >= 0.3 is 0 Å². The lowest BCUT2D eigenvalue weighted by Crippen LogP contribution is -2.03. The van der Waals surface area contributed by atoms with Gasteiger partial charge in [0.05, 0.1) is 22.2 Å². The zero-order valence-electron chi connectivity index (χ0n) is 33.1. The second-order valence-electron chi connectivity index (χ2n) is 16.0. The molecule has 61 heavy (non-hydrogen) atoms. The monoisotopic (exact) mass is 780 g/mol. The van der Waals surface area contributed by atoms with Crippen molar-refractivity contribution < 1.29 is 4.42 Å². The molecule has 286 valence electrons. The highest BCUT2D eigenvalue weighted by Gasteiger charge is 2.25. The summed E-state index contributed by atoms with van der Waals surface area (Å²) in [4.78, 5) is 10.8. The van der Waals surface area contributed by atoms with Crippen LogP contribution in [0.3, 0.4) is 0 Å². The van der Waals surface area contributed by atoms with E-state index >= 15 is 0 Å². The Labute approximate surface area is 351 Å². The second-order valence-corrected chi connectivity index (χ2v) is 16.0. The smallest absolute Gasteiger partial charge is 0.235 e. The van der Waals surface area contributed by atoms with Crippen molar-refractivity contribution in [2.24, 2.45) is 0 Å². The van der Waals surface area contributed by atoms with Crippen LogP contribution >= 0.6 is 0 Å². The van der Waals surface area contributed by atoms with Gasteiger partial charge in [-0.15, -0.1) is 0 Å². The molecule has 0 saturated carbocycles. The minimum atomic E-state index is 0.596. The highest BCUT2D eigenvalue weighted by molar-refractivity contribution is 6.26. The van der Waals surface area contributed by atoms with Crippen LogP contribution in [0.5, 0.6) is 0 Å². The van der Waals surface area contributed by atoms with Gasteiger partial charge in [0.1, 0.15) is 11.1 Å². The molecule has 0 N–H and O–H groups in total. The number of rotatable bonds is 5. The molecule has 0 bridgehead atoms. The van der Waals surface area contributed by atoms with E-state index in [1.54, 1.807) is 0 Å². The highest BCUT2D eigenvalue weighted by atomic mass is 16.3. The van der Waals surface area contributed by atoms with Gasteiger partial charge in [-0.1, -0.05) is 146 Å². The molecule has 8 aromatic carbocycles. The Hall–Kier alpha value is -8.02. The van der Waals surface area contributed by atoms with E-state index < -0.39 is 0 Å². The average Bonchev–Trinajstić information content (AvgIpc) is 4.00. The number of fused-ring (bicyclic) bond motifs is 11. The lowest BCUT2D eigenvalue weighted by atomic mass is 9.96. The Morgan fingerprint density at radius 2 is 1.13 bits per heavy atom. The Balaban J connectivity index is 1.06. The molecule has 0 spiro atoms. The number of aryl methyl sites for hydroxylation is 1. The highest BCUT2D eigenvalue weighted by Crippen LogP contribution is 2.46. The predicted octanol–water partition coefficient (Wildman–Crippen LogP) is 14.5. The Morgan fingerprint density at radius 3 is 1.95 bits per heavy atom. The van der Waals surface area contributed by atoms with Gasteiger partial charge in [-0.25, -0.2) is 9.97 Å². The van der Waals surface area contributed by atoms with Crippen molar-refractivity contribution in [3.63, 3.8) is 0 Å². The normalized spacial score (nSPS) is 12.7. The maximum atomic E-state index is 6.88. The molecule has 4 aromatic heterocycles. The maximum absolute atomic E-state index is 6.88. The van der Waals surface area contributed by atoms with Crippen LogP contribution in [0.1, 0.15) is 17.7 Å². The van der Waals surface area contributed by atoms with Crippen LogP contribution < -0.4 is 0 Å². The molecule has 0 unspecified atom stereocenters. The number of allylic oxidation sites excluding steroid dienone is 1. The summed E-state index contributed by atoms with van der Waals surface area (Å²) in [5, 5.41) is 6.68. The zero-order chi connectivity index (χ0) is 40.0. The summed E-state index contributed by atoms with van der Waals surface area (Å²) in [5.41, 5.74) is 16.1. The van der Waals surface area contributed by atoms with E-state index in [1.165, 1.54) is 27.7 Å². The van der Waals surface area contributed by atoms with Crippen LogP contribution in [0.25, 0.3) is 117 Å². The molecule has 5 heteroatoms. The molecule has 4 heterocycles. The van der Waals surface area contributed by atoms with Crippen LogP contribution in [0, 0.1) is 0 Å². The number of benzene rings is 8. The van der Waals surface area contributed by atoms with E-state index in [4.69, 9.17) is 14.4 Å². The Bertz CT molecular complexity index is 3740. The van der Waals surface area contributed by atoms with E-state index in [0.717, 1.165) is 101 Å². The summed E-state index contributed by atoms with van der Waals surface area (Å²) in [6, 6.07) is 64.7. The van der Waals surface area contributed by atoms with Crippen molar-refractivity contribution in [1.82, 2.24) is 19.1 Å². The van der Waals surface area contributed by atoms with E-state index in [2.05, 4.69) is 197 Å². The molecule has 5 nitrogen and oxygen atoms in total. The average molecular weight is 781 g/mol. The first-order valence-electron chi connectivity index (χ1n) is 21.0. The fourth-order valence-corrected chi connectivity index (χ4v) is 9.85. The summed E-state index contributed by atoms with van der Waals surface area (Å²) < 4.78 is 11.5. The summed E-state index contributed by atoms with van der Waals surface area (Å²) in [6.07, 6.45) is 6.72. The lowest BCUT2D eigenvalue weighted by Gasteiger charge is -2.14. The van der Waals surface area contributed by atoms with E-state index in [-0.39, 0.29) is 0 Å². The molecule has 0 radical (unpaired) electrons. The van der Waals surface area contributed by atoms with Crippen molar-refractivity contribution in [2.45, 2.75) is 12.8 Å².